The number of hydrogen-bond acceptors (Lipinski definition) is 5. The zero-order valence-corrected chi connectivity index (χ0v) is 11.1. The highest BCUT2D eigenvalue weighted by atomic mass is 35.5. The van der Waals surface area contributed by atoms with Gasteiger partial charge in [-0.25, -0.2) is 4.98 Å². The smallest absolute Gasteiger partial charge is 0.146 e. The molecule has 5 nitrogen and oxygen atoms in total. The highest BCUT2D eigenvalue weighted by Gasteiger charge is 2.50. The molecular formula is C13H15ClN4O. The van der Waals surface area contributed by atoms with Crippen LogP contribution in [0.5, 0.6) is 0 Å². The van der Waals surface area contributed by atoms with E-state index in [2.05, 4.69) is 10.3 Å². The number of nitrogens with zero attached hydrogens (tertiary/aromatic N) is 2. The Labute approximate surface area is 116 Å². The summed E-state index contributed by atoms with van der Waals surface area (Å²) in [6.45, 7) is 0.783. The van der Waals surface area contributed by atoms with E-state index in [1.165, 1.54) is 0 Å². The van der Waals surface area contributed by atoms with E-state index in [-0.39, 0.29) is 18.2 Å². The summed E-state index contributed by atoms with van der Waals surface area (Å²) < 4.78 is 5.75. The number of aromatic nitrogens is 1. The number of nitrogens with one attached hydrogen (secondary N) is 1. The third kappa shape index (κ3) is 2.06. The minimum absolute atomic E-state index is 0.0178. The van der Waals surface area contributed by atoms with Crippen LogP contribution in [0.15, 0.2) is 12.3 Å². The minimum atomic E-state index is 0.0178. The Morgan fingerprint density at radius 2 is 2.42 bits per heavy atom. The summed E-state index contributed by atoms with van der Waals surface area (Å²) in [5.74, 6) is 0.929. The average Bonchev–Trinajstić information content (AvgIpc) is 2.45. The molecule has 100 valence electrons. The largest absolute Gasteiger partial charge is 0.376 e. The number of halogens is 1. The van der Waals surface area contributed by atoms with Gasteiger partial charge in [0.2, 0.25) is 0 Å². The number of fused-ring (bicyclic) bond motifs is 1. The van der Waals surface area contributed by atoms with Crippen molar-refractivity contribution in [2.45, 2.75) is 31.0 Å². The van der Waals surface area contributed by atoms with Gasteiger partial charge in [0, 0.05) is 24.8 Å². The third-order valence-corrected chi connectivity index (χ3v) is 4.37. The third-order valence-electron chi connectivity index (χ3n) is 3.99. The standard InChI is InChI=1S/C13H15ClN4O/c14-9-7(6-15)3-4-17-13(9)18-11-10(16)8-2-1-5-19-12(8)11/h3-4,8,10-12H,1-2,5,16H2,(H,17,18). The summed E-state index contributed by atoms with van der Waals surface area (Å²) >= 11 is 6.13. The number of anilines is 1. The van der Waals surface area contributed by atoms with Gasteiger partial charge in [0.25, 0.3) is 0 Å². The molecule has 0 bridgehead atoms. The van der Waals surface area contributed by atoms with Gasteiger partial charge in [-0.3, -0.25) is 0 Å². The van der Waals surface area contributed by atoms with Gasteiger partial charge in [-0.1, -0.05) is 11.6 Å². The van der Waals surface area contributed by atoms with Gasteiger partial charge < -0.3 is 15.8 Å². The fraction of sp³-hybridized carbons (Fsp3) is 0.538. The fourth-order valence-electron chi connectivity index (χ4n) is 2.91. The van der Waals surface area contributed by atoms with Crippen LogP contribution in [0.1, 0.15) is 18.4 Å². The van der Waals surface area contributed by atoms with Crippen molar-refractivity contribution in [3.63, 3.8) is 0 Å². The molecule has 2 aliphatic rings. The van der Waals surface area contributed by atoms with Crippen LogP contribution >= 0.6 is 11.6 Å². The highest BCUT2D eigenvalue weighted by Crippen LogP contribution is 2.39. The Morgan fingerprint density at radius 1 is 1.58 bits per heavy atom. The van der Waals surface area contributed by atoms with Crippen LogP contribution in [0, 0.1) is 17.2 Å². The van der Waals surface area contributed by atoms with Crippen LogP contribution in [0.3, 0.4) is 0 Å². The normalized spacial score (nSPS) is 32.9. The molecule has 4 atom stereocenters. The first kappa shape index (κ1) is 12.7. The van der Waals surface area contributed by atoms with Crippen molar-refractivity contribution in [1.29, 1.82) is 5.26 Å². The van der Waals surface area contributed by atoms with Gasteiger partial charge in [-0.15, -0.1) is 0 Å². The lowest BCUT2D eigenvalue weighted by atomic mass is 9.68. The molecule has 1 aromatic heterocycles. The van der Waals surface area contributed by atoms with E-state index in [1.54, 1.807) is 12.3 Å². The number of hydrogen-bond donors (Lipinski definition) is 2. The molecule has 2 heterocycles. The molecule has 6 heteroatoms. The molecule has 1 aliphatic heterocycles. The fourth-order valence-corrected chi connectivity index (χ4v) is 3.12. The van der Waals surface area contributed by atoms with E-state index >= 15 is 0 Å². The summed E-state index contributed by atoms with van der Waals surface area (Å²) in [4.78, 5) is 4.18. The molecule has 19 heavy (non-hydrogen) atoms. The molecule has 1 saturated heterocycles. The van der Waals surface area contributed by atoms with E-state index in [0.717, 1.165) is 19.4 Å². The van der Waals surface area contributed by atoms with Crippen LogP contribution in [0.4, 0.5) is 5.82 Å². The van der Waals surface area contributed by atoms with Crippen LogP contribution < -0.4 is 11.1 Å². The Morgan fingerprint density at radius 3 is 3.21 bits per heavy atom. The molecule has 3 rings (SSSR count). The Kier molecular flexibility index (Phi) is 3.31. The number of pyridine rings is 1. The molecule has 1 saturated carbocycles. The summed E-state index contributed by atoms with van der Waals surface area (Å²) in [5, 5.41) is 12.5. The second-order valence-electron chi connectivity index (χ2n) is 5.02. The van der Waals surface area contributed by atoms with Gasteiger partial charge >= 0.3 is 0 Å². The van der Waals surface area contributed by atoms with E-state index in [1.807, 2.05) is 6.07 Å². The predicted molar refractivity (Wildman–Crippen MR) is 71.8 cm³/mol. The number of ether oxygens (including phenoxy) is 1. The molecule has 0 spiro atoms. The number of nitrogens with two attached hydrogens (primary N) is 1. The lowest BCUT2D eigenvalue weighted by Gasteiger charge is -2.52. The number of nitriles is 1. The van der Waals surface area contributed by atoms with Gasteiger partial charge in [-0.05, 0) is 18.9 Å². The second kappa shape index (κ2) is 4.97. The SMILES string of the molecule is N#Cc1ccnc(NC2C(N)C3CCCOC32)c1Cl. The monoisotopic (exact) mass is 278 g/mol. The first-order valence-corrected chi connectivity index (χ1v) is 6.78. The maximum atomic E-state index is 8.95. The maximum absolute atomic E-state index is 8.95. The van der Waals surface area contributed by atoms with Crippen molar-refractivity contribution in [2.24, 2.45) is 11.7 Å². The first-order chi connectivity index (χ1) is 9.22. The predicted octanol–water partition coefficient (Wildman–Crippen LogP) is 1.52. The van der Waals surface area contributed by atoms with E-state index in [0.29, 0.717) is 22.3 Å². The van der Waals surface area contributed by atoms with Crippen LogP contribution in [0.25, 0.3) is 0 Å². The topological polar surface area (TPSA) is 84.0 Å². The first-order valence-electron chi connectivity index (χ1n) is 6.40. The summed E-state index contributed by atoms with van der Waals surface area (Å²) in [5.41, 5.74) is 6.58. The lowest BCUT2D eigenvalue weighted by molar-refractivity contribution is -0.104. The van der Waals surface area contributed by atoms with Crippen molar-refractivity contribution >= 4 is 17.4 Å². The van der Waals surface area contributed by atoms with E-state index in [4.69, 9.17) is 27.3 Å². The number of rotatable bonds is 2. The van der Waals surface area contributed by atoms with Gasteiger partial charge in [0.1, 0.15) is 16.9 Å². The summed E-state index contributed by atoms with van der Waals surface area (Å²) in [7, 11) is 0. The van der Waals surface area contributed by atoms with Crippen LogP contribution in [-0.2, 0) is 4.74 Å². The molecule has 0 radical (unpaired) electrons. The van der Waals surface area contributed by atoms with E-state index < -0.39 is 0 Å². The second-order valence-corrected chi connectivity index (χ2v) is 5.40. The molecule has 1 aliphatic carbocycles. The van der Waals surface area contributed by atoms with E-state index in [9.17, 15) is 0 Å². The molecule has 0 aromatic carbocycles. The minimum Gasteiger partial charge on any atom is -0.376 e. The maximum Gasteiger partial charge on any atom is 0.146 e. The van der Waals surface area contributed by atoms with Gasteiger partial charge in [0.15, 0.2) is 0 Å². The van der Waals surface area contributed by atoms with Crippen molar-refractivity contribution in [3.8, 4) is 6.07 Å². The lowest BCUT2D eigenvalue weighted by Crippen LogP contribution is -2.69. The summed E-state index contributed by atoms with van der Waals surface area (Å²) in [6.07, 6.45) is 3.89. The molecular weight excluding hydrogens is 264 g/mol. The van der Waals surface area contributed by atoms with Gasteiger partial charge in [-0.2, -0.15) is 5.26 Å². The molecule has 3 N–H and O–H groups in total. The highest BCUT2D eigenvalue weighted by molar-refractivity contribution is 6.34. The Bertz CT molecular complexity index is 530. The molecule has 0 amide bonds. The van der Waals surface area contributed by atoms with Crippen LogP contribution in [-0.4, -0.2) is 29.8 Å². The molecule has 1 aromatic rings. The van der Waals surface area contributed by atoms with Crippen LogP contribution in [0.2, 0.25) is 5.02 Å². The quantitative estimate of drug-likeness (QED) is 0.857. The zero-order chi connectivity index (χ0) is 13.4. The Hall–Kier alpha value is -1.35. The van der Waals surface area contributed by atoms with Crippen molar-refractivity contribution in [2.75, 3.05) is 11.9 Å². The molecule has 2 fully saturated rings. The average molecular weight is 279 g/mol. The van der Waals surface area contributed by atoms with Crippen molar-refractivity contribution in [3.05, 3.63) is 22.8 Å². The Balaban J connectivity index is 1.77. The van der Waals surface area contributed by atoms with Gasteiger partial charge in [0.05, 0.1) is 17.7 Å². The van der Waals surface area contributed by atoms with Crippen molar-refractivity contribution in [1.82, 2.24) is 4.98 Å². The molecule has 4 unspecified atom stereocenters. The van der Waals surface area contributed by atoms with Crippen molar-refractivity contribution < 1.29 is 4.74 Å². The zero-order valence-electron chi connectivity index (χ0n) is 10.3. The summed E-state index contributed by atoms with van der Waals surface area (Å²) in [6, 6.07) is 3.70.